The summed E-state index contributed by atoms with van der Waals surface area (Å²) in [6.07, 6.45) is 5.19. The first-order valence-electron chi connectivity index (χ1n) is 8.67. The summed E-state index contributed by atoms with van der Waals surface area (Å²) in [5.74, 6) is 0.733. The van der Waals surface area contributed by atoms with E-state index in [1.807, 2.05) is 0 Å². The molecule has 0 atom stereocenters. The molecule has 1 saturated carbocycles. The van der Waals surface area contributed by atoms with E-state index in [0.717, 1.165) is 18.7 Å². The first kappa shape index (κ1) is 17.9. The molecule has 1 aromatic carbocycles. The normalized spacial score (nSPS) is 14.3. The Kier molecular flexibility index (Phi) is 5.83. The van der Waals surface area contributed by atoms with Crippen molar-refractivity contribution in [2.75, 3.05) is 11.9 Å². The van der Waals surface area contributed by atoms with Crippen molar-refractivity contribution in [1.82, 2.24) is 10.1 Å². The molecule has 8 nitrogen and oxygen atoms in total. The van der Waals surface area contributed by atoms with Crippen LogP contribution >= 0.6 is 0 Å². The first-order valence-corrected chi connectivity index (χ1v) is 8.67. The second-order valence-corrected chi connectivity index (χ2v) is 6.29. The Hall–Kier alpha value is -2.90. The van der Waals surface area contributed by atoms with Crippen LogP contribution < -0.4 is 10.1 Å². The molecule has 0 spiro atoms. The number of aliphatic carboxylic acids is 1. The van der Waals surface area contributed by atoms with E-state index in [2.05, 4.69) is 15.5 Å². The van der Waals surface area contributed by atoms with E-state index in [-0.39, 0.29) is 12.3 Å². The lowest BCUT2D eigenvalue weighted by atomic mass is 10.1. The molecule has 1 fully saturated rings. The standard InChI is InChI=1S/C18H21N3O5/c22-15(19-13-6-3-7-14(10-13)25-11-17(23)24)8-9-16-20-18(21-26-16)12-4-1-2-5-12/h3,6-7,10,12H,1-2,4-5,8-9,11H2,(H,19,22)(H,23,24). The average molecular weight is 359 g/mol. The van der Waals surface area contributed by atoms with Gasteiger partial charge in [-0.1, -0.05) is 24.1 Å². The summed E-state index contributed by atoms with van der Waals surface area (Å²) in [5.41, 5.74) is 0.537. The largest absolute Gasteiger partial charge is 0.482 e. The number of benzene rings is 1. The maximum atomic E-state index is 12.1. The maximum Gasteiger partial charge on any atom is 0.341 e. The monoisotopic (exact) mass is 359 g/mol. The summed E-state index contributed by atoms with van der Waals surface area (Å²) in [7, 11) is 0. The van der Waals surface area contributed by atoms with Gasteiger partial charge in [0, 0.05) is 30.5 Å². The quantitative estimate of drug-likeness (QED) is 0.744. The van der Waals surface area contributed by atoms with Gasteiger partial charge < -0.3 is 19.7 Å². The van der Waals surface area contributed by atoms with E-state index >= 15 is 0 Å². The number of amides is 1. The van der Waals surface area contributed by atoms with Crippen LogP contribution in [0.4, 0.5) is 5.69 Å². The van der Waals surface area contributed by atoms with Gasteiger partial charge in [-0.05, 0) is 25.0 Å². The third-order valence-corrected chi connectivity index (χ3v) is 4.25. The molecule has 0 unspecified atom stereocenters. The van der Waals surface area contributed by atoms with Crippen LogP contribution in [0.2, 0.25) is 0 Å². The number of carbonyl (C=O) groups is 2. The van der Waals surface area contributed by atoms with Crippen molar-refractivity contribution in [2.45, 2.75) is 44.4 Å². The van der Waals surface area contributed by atoms with Crippen molar-refractivity contribution in [3.8, 4) is 5.75 Å². The van der Waals surface area contributed by atoms with Crippen LogP contribution in [-0.2, 0) is 16.0 Å². The van der Waals surface area contributed by atoms with Crippen LogP contribution in [-0.4, -0.2) is 33.7 Å². The van der Waals surface area contributed by atoms with E-state index in [4.69, 9.17) is 14.4 Å². The van der Waals surface area contributed by atoms with Crippen LogP contribution in [0.1, 0.15) is 49.7 Å². The Bertz CT molecular complexity index is 768. The zero-order valence-corrected chi connectivity index (χ0v) is 14.3. The topological polar surface area (TPSA) is 115 Å². The van der Waals surface area contributed by atoms with Crippen molar-refractivity contribution in [1.29, 1.82) is 0 Å². The van der Waals surface area contributed by atoms with E-state index in [0.29, 0.717) is 29.7 Å². The number of aryl methyl sites for hydroxylation is 1. The number of carboxylic acid groups (broad SMARTS) is 1. The summed E-state index contributed by atoms with van der Waals surface area (Å²) in [4.78, 5) is 27.0. The minimum absolute atomic E-state index is 0.194. The van der Waals surface area contributed by atoms with E-state index in [1.165, 1.54) is 12.8 Å². The van der Waals surface area contributed by atoms with Gasteiger partial charge in [0.15, 0.2) is 12.4 Å². The summed E-state index contributed by atoms with van der Waals surface area (Å²) in [5, 5.41) is 15.4. The highest BCUT2D eigenvalue weighted by Crippen LogP contribution is 2.32. The van der Waals surface area contributed by atoms with Gasteiger partial charge in [0.25, 0.3) is 0 Å². The second-order valence-electron chi connectivity index (χ2n) is 6.29. The van der Waals surface area contributed by atoms with Crippen LogP contribution in [0.3, 0.4) is 0 Å². The van der Waals surface area contributed by atoms with E-state index in [1.54, 1.807) is 24.3 Å². The lowest BCUT2D eigenvalue weighted by Crippen LogP contribution is -2.13. The Labute approximate surface area is 150 Å². The van der Waals surface area contributed by atoms with Gasteiger partial charge in [0.05, 0.1) is 0 Å². The van der Waals surface area contributed by atoms with Gasteiger partial charge in [-0.15, -0.1) is 0 Å². The van der Waals surface area contributed by atoms with Crippen LogP contribution in [0.25, 0.3) is 0 Å². The minimum Gasteiger partial charge on any atom is -0.482 e. The van der Waals surface area contributed by atoms with Crippen molar-refractivity contribution in [3.05, 3.63) is 36.0 Å². The molecule has 8 heteroatoms. The molecular weight excluding hydrogens is 338 g/mol. The molecule has 2 aromatic rings. The van der Waals surface area contributed by atoms with Gasteiger partial charge in [-0.25, -0.2) is 4.79 Å². The molecular formula is C18H21N3O5. The van der Waals surface area contributed by atoms with Crippen molar-refractivity contribution in [3.63, 3.8) is 0 Å². The van der Waals surface area contributed by atoms with E-state index in [9.17, 15) is 9.59 Å². The molecule has 2 N–H and O–H groups in total. The average Bonchev–Trinajstić information content (AvgIpc) is 3.30. The molecule has 138 valence electrons. The minimum atomic E-state index is -1.06. The van der Waals surface area contributed by atoms with Crippen LogP contribution in [0, 0.1) is 0 Å². The highest BCUT2D eigenvalue weighted by atomic mass is 16.5. The molecule has 1 aromatic heterocycles. The Morgan fingerprint density at radius 3 is 2.88 bits per heavy atom. The molecule has 1 amide bonds. The molecule has 1 heterocycles. The van der Waals surface area contributed by atoms with Crippen molar-refractivity contribution in [2.24, 2.45) is 0 Å². The van der Waals surface area contributed by atoms with Gasteiger partial charge in [0.1, 0.15) is 5.75 Å². The fourth-order valence-electron chi connectivity index (χ4n) is 2.97. The molecule has 0 aliphatic heterocycles. The van der Waals surface area contributed by atoms with Gasteiger partial charge in [-0.3, -0.25) is 4.79 Å². The van der Waals surface area contributed by atoms with Crippen LogP contribution in [0.15, 0.2) is 28.8 Å². The second kappa shape index (κ2) is 8.46. The maximum absolute atomic E-state index is 12.1. The molecule has 3 rings (SSSR count). The lowest BCUT2D eigenvalue weighted by Gasteiger charge is -2.07. The Morgan fingerprint density at radius 1 is 1.31 bits per heavy atom. The van der Waals surface area contributed by atoms with Gasteiger partial charge >= 0.3 is 5.97 Å². The zero-order valence-electron chi connectivity index (χ0n) is 14.3. The number of carbonyl (C=O) groups excluding carboxylic acids is 1. The fraction of sp³-hybridized carbons (Fsp3) is 0.444. The predicted molar refractivity (Wildman–Crippen MR) is 92.0 cm³/mol. The summed E-state index contributed by atoms with van der Waals surface area (Å²) >= 11 is 0. The highest BCUT2D eigenvalue weighted by molar-refractivity contribution is 5.90. The highest BCUT2D eigenvalue weighted by Gasteiger charge is 2.22. The number of nitrogens with one attached hydrogen (secondary N) is 1. The number of rotatable bonds is 8. The zero-order chi connectivity index (χ0) is 18.4. The number of ether oxygens (including phenoxy) is 1. The van der Waals surface area contributed by atoms with Crippen molar-refractivity contribution >= 4 is 17.6 Å². The molecule has 0 bridgehead atoms. The number of hydrogen-bond donors (Lipinski definition) is 2. The number of anilines is 1. The first-order chi connectivity index (χ1) is 12.6. The SMILES string of the molecule is O=C(O)COc1cccc(NC(=O)CCc2nc(C3CCCC3)no2)c1. The predicted octanol–water partition coefficient (Wildman–Crippen LogP) is 2.76. The van der Waals surface area contributed by atoms with Crippen molar-refractivity contribution < 1.29 is 24.0 Å². The molecule has 1 aliphatic carbocycles. The number of carboxylic acids is 1. The molecule has 0 radical (unpaired) electrons. The summed E-state index contributed by atoms with van der Waals surface area (Å²) in [6.45, 7) is -0.433. The molecule has 0 saturated heterocycles. The van der Waals surface area contributed by atoms with E-state index < -0.39 is 12.6 Å². The Morgan fingerprint density at radius 2 is 2.12 bits per heavy atom. The fourth-order valence-corrected chi connectivity index (χ4v) is 2.97. The summed E-state index contributed by atoms with van der Waals surface area (Å²) < 4.78 is 10.3. The third-order valence-electron chi connectivity index (χ3n) is 4.25. The smallest absolute Gasteiger partial charge is 0.341 e. The molecule has 1 aliphatic rings. The Balaban J connectivity index is 1.48. The number of nitrogens with zero attached hydrogens (tertiary/aromatic N) is 2. The molecule has 26 heavy (non-hydrogen) atoms. The van der Waals surface area contributed by atoms with Gasteiger partial charge in [-0.2, -0.15) is 4.98 Å². The lowest BCUT2D eigenvalue weighted by molar-refractivity contribution is -0.139. The number of aromatic nitrogens is 2. The number of hydrogen-bond acceptors (Lipinski definition) is 6. The van der Waals surface area contributed by atoms with Crippen LogP contribution in [0.5, 0.6) is 5.75 Å². The van der Waals surface area contributed by atoms with Gasteiger partial charge in [0.2, 0.25) is 11.8 Å². The third kappa shape index (κ3) is 5.05. The summed E-state index contributed by atoms with van der Waals surface area (Å²) in [6, 6.07) is 6.59.